The fraction of sp³-hybridized carbons (Fsp3) is 0.344. The average Bonchev–Trinajstić information content (AvgIpc) is 3.50. The number of ketones is 1. The Morgan fingerprint density at radius 3 is 2.65 bits per heavy atom. The Morgan fingerprint density at radius 2 is 1.98 bits per heavy atom. The van der Waals surface area contributed by atoms with Crippen molar-refractivity contribution in [2.45, 2.75) is 44.1 Å². The first-order valence-electron chi connectivity index (χ1n) is 15.3. The van der Waals surface area contributed by atoms with Crippen LogP contribution in [0, 0.1) is 17.2 Å². The number of oxime groups is 1. The van der Waals surface area contributed by atoms with E-state index in [0.29, 0.717) is 29.5 Å². The van der Waals surface area contributed by atoms with Gasteiger partial charge in [-0.05, 0) is 41.9 Å². The van der Waals surface area contributed by atoms with E-state index < -0.39 is 29.0 Å². The van der Waals surface area contributed by atoms with E-state index in [1.165, 1.54) is 36.6 Å². The second-order valence-corrected chi connectivity index (χ2v) is 14.8. The maximum Gasteiger partial charge on any atom is 0.352 e. The first kappa shape index (κ1) is 32.1. The predicted molar refractivity (Wildman–Crippen MR) is 181 cm³/mol. The molecule has 4 N–H and O–H groups in total. The molecule has 1 amide bonds. The van der Waals surface area contributed by atoms with Gasteiger partial charge in [0.1, 0.15) is 35.6 Å². The quantitative estimate of drug-likeness (QED) is 0.0815. The molecule has 1 saturated carbocycles. The van der Waals surface area contributed by atoms with E-state index in [4.69, 9.17) is 27.6 Å². The number of amides is 1. The highest BCUT2D eigenvalue weighted by atomic mass is 35.5. The lowest BCUT2D eigenvalue weighted by atomic mass is 9.89. The van der Waals surface area contributed by atoms with E-state index in [-0.39, 0.29) is 39.5 Å². The van der Waals surface area contributed by atoms with Crippen molar-refractivity contribution < 1.29 is 28.9 Å². The number of hydrogen-bond donors (Lipinski definition) is 3. The number of carboxylic acids is 1. The highest BCUT2D eigenvalue weighted by Gasteiger charge is 2.54. The Bertz CT molecular complexity index is 2030. The number of halogens is 1. The van der Waals surface area contributed by atoms with E-state index in [0.717, 1.165) is 34.5 Å². The molecule has 3 aliphatic rings. The zero-order valence-electron chi connectivity index (χ0n) is 25.8. The average molecular weight is 708 g/mol. The van der Waals surface area contributed by atoms with Crippen LogP contribution in [0.3, 0.4) is 0 Å². The Labute approximate surface area is 288 Å². The van der Waals surface area contributed by atoms with Gasteiger partial charge in [0.05, 0.1) is 30.1 Å². The molecular formula is C32H32ClN8O5S2+. The monoisotopic (exact) mass is 707 g/mol. The second kappa shape index (κ2) is 12.9. The molecule has 0 spiro atoms. The topological polar surface area (TPSA) is 172 Å². The summed E-state index contributed by atoms with van der Waals surface area (Å²) in [4.78, 5) is 49.4. The molecule has 16 heteroatoms. The van der Waals surface area contributed by atoms with Crippen molar-refractivity contribution in [3.63, 3.8) is 0 Å². The zero-order valence-corrected chi connectivity index (χ0v) is 28.2. The lowest BCUT2D eigenvalue weighted by molar-refractivity contribution is -0.661. The number of carbonyl (C=O) groups excluding carboxylic acids is 2. The second-order valence-electron chi connectivity index (χ2n) is 12.1. The summed E-state index contributed by atoms with van der Waals surface area (Å²) in [5, 5.41) is 22.0. The Kier molecular flexibility index (Phi) is 8.60. The van der Waals surface area contributed by atoms with Crippen molar-refractivity contribution in [3.8, 4) is 0 Å². The third-order valence-electron chi connectivity index (χ3n) is 8.83. The molecule has 7 rings (SSSR count). The maximum absolute atomic E-state index is 13.4. The summed E-state index contributed by atoms with van der Waals surface area (Å²) in [6.45, 7) is 0.901. The van der Waals surface area contributed by atoms with Crippen LogP contribution in [-0.2, 0) is 32.3 Å². The Hall–Kier alpha value is -4.47. The first-order chi connectivity index (χ1) is 23.1. The minimum atomic E-state index is -1.19. The number of thioether (sulfide) groups is 1. The molecule has 2 atom stereocenters. The highest BCUT2D eigenvalue weighted by Crippen LogP contribution is 2.45. The molecule has 0 bridgehead atoms. The number of aliphatic carboxylic acids is 1. The minimum Gasteiger partial charge on any atom is -0.477 e. The number of carboxylic acid groups (broad SMARTS) is 1. The molecule has 0 radical (unpaired) electrons. The standard InChI is InChI=1S/C32H31ClN8O5S2/c1-46-37-25(26-28(33)48-32(35)36-26)23(42)13-21-29(43)41-27(31(44)45)20(16-47-30(21)41)15-39-9-8-24-38(10-11-40(24)39)14-18-4-6-19(7-5-18)22(34)12-17-2-3-17/h4-11,17,21,30,34H,2-3,12-16H2,1H3,(H2-,35,36,44,45)/p+1/b34-22?,37-25+/t21-,30-/m1/s1. The third-order valence-corrected chi connectivity index (χ3v) is 11.3. The van der Waals surface area contributed by atoms with E-state index in [1.807, 2.05) is 46.0 Å². The number of nitrogens with two attached hydrogens (primary N) is 1. The van der Waals surface area contributed by atoms with Crippen molar-refractivity contribution in [2.75, 3.05) is 18.6 Å². The maximum atomic E-state index is 13.4. The Morgan fingerprint density at radius 1 is 1.21 bits per heavy atom. The van der Waals surface area contributed by atoms with Gasteiger partial charge in [-0.3, -0.25) is 14.5 Å². The van der Waals surface area contributed by atoms with Crippen LogP contribution < -0.4 is 10.3 Å². The van der Waals surface area contributed by atoms with Crippen LogP contribution in [0.15, 0.2) is 65.3 Å². The van der Waals surface area contributed by atoms with Gasteiger partial charge in [-0.15, -0.1) is 16.3 Å². The first-order valence-corrected chi connectivity index (χ1v) is 17.6. The van der Waals surface area contributed by atoms with Gasteiger partial charge in [0, 0.05) is 17.9 Å². The minimum absolute atomic E-state index is 0.0530. The van der Waals surface area contributed by atoms with Gasteiger partial charge in [-0.25, -0.2) is 19.0 Å². The van der Waals surface area contributed by atoms with Crippen molar-refractivity contribution in [2.24, 2.45) is 17.0 Å². The van der Waals surface area contributed by atoms with Gasteiger partial charge in [0.25, 0.3) is 0 Å². The van der Waals surface area contributed by atoms with Gasteiger partial charge in [0.15, 0.2) is 22.8 Å². The summed E-state index contributed by atoms with van der Waals surface area (Å²) in [7, 11) is 1.28. The van der Waals surface area contributed by atoms with Crippen LogP contribution in [0.4, 0.5) is 5.13 Å². The van der Waals surface area contributed by atoms with Crippen molar-refractivity contribution >= 4 is 74.6 Å². The number of hydrogen-bond acceptors (Lipinski definition) is 10. The third kappa shape index (κ3) is 6.01. The molecule has 13 nitrogen and oxygen atoms in total. The molecule has 2 fully saturated rings. The molecule has 1 aliphatic carbocycles. The number of imidazole rings is 1. The van der Waals surface area contributed by atoms with E-state index in [1.54, 1.807) is 0 Å². The molecule has 2 aliphatic heterocycles. The van der Waals surface area contributed by atoms with Gasteiger partial charge >= 0.3 is 11.6 Å². The summed E-state index contributed by atoms with van der Waals surface area (Å²) in [6, 6.07) is 10.1. The molecule has 48 heavy (non-hydrogen) atoms. The number of thiazole rings is 1. The molecule has 3 aromatic heterocycles. The highest BCUT2D eigenvalue weighted by molar-refractivity contribution is 8.00. The number of benzene rings is 1. The Balaban J connectivity index is 1.05. The van der Waals surface area contributed by atoms with E-state index in [9.17, 15) is 19.5 Å². The molecule has 0 unspecified atom stereocenters. The largest absolute Gasteiger partial charge is 0.477 e. The lowest BCUT2D eigenvalue weighted by Gasteiger charge is -2.49. The van der Waals surface area contributed by atoms with Gasteiger partial charge < -0.3 is 21.1 Å². The predicted octanol–water partition coefficient (Wildman–Crippen LogP) is 3.82. The van der Waals surface area contributed by atoms with Crippen LogP contribution in [-0.4, -0.2) is 71.5 Å². The number of aromatic nitrogens is 4. The fourth-order valence-corrected chi connectivity index (χ4v) is 8.58. The summed E-state index contributed by atoms with van der Waals surface area (Å²) in [5.74, 6) is -1.84. The number of nitrogens with zero attached hydrogens (tertiary/aromatic N) is 6. The van der Waals surface area contributed by atoms with E-state index in [2.05, 4.69) is 26.8 Å². The summed E-state index contributed by atoms with van der Waals surface area (Å²) in [5.41, 5.74) is 9.92. The number of anilines is 1. The summed E-state index contributed by atoms with van der Waals surface area (Å²) in [6.07, 6.45) is 8.88. The van der Waals surface area contributed by atoms with Gasteiger partial charge in [0.2, 0.25) is 5.91 Å². The van der Waals surface area contributed by atoms with Crippen LogP contribution in [0.25, 0.3) is 5.65 Å². The van der Waals surface area contributed by atoms with Crippen LogP contribution in [0.1, 0.15) is 42.5 Å². The number of nitrogen functional groups attached to an aromatic ring is 1. The van der Waals surface area contributed by atoms with Gasteiger partial charge in [-0.1, -0.05) is 52.4 Å². The number of carbonyl (C=O) groups is 3. The molecule has 248 valence electrons. The van der Waals surface area contributed by atoms with Crippen LogP contribution in [0.5, 0.6) is 0 Å². The van der Waals surface area contributed by atoms with Crippen molar-refractivity contribution in [1.29, 1.82) is 5.41 Å². The van der Waals surface area contributed by atoms with Crippen molar-refractivity contribution in [1.82, 2.24) is 19.1 Å². The number of nitrogens with one attached hydrogen (secondary N) is 1. The summed E-state index contributed by atoms with van der Waals surface area (Å²) < 4.78 is 6.15. The molecule has 1 saturated heterocycles. The number of rotatable bonds is 13. The fourth-order valence-electron chi connectivity index (χ4n) is 6.25. The number of fused-ring (bicyclic) bond motifs is 2. The number of Topliss-reactive ketones (excluding diaryl/α,β-unsaturated/α-hetero) is 1. The summed E-state index contributed by atoms with van der Waals surface area (Å²) >= 11 is 8.62. The van der Waals surface area contributed by atoms with Crippen LogP contribution in [0.2, 0.25) is 4.34 Å². The van der Waals surface area contributed by atoms with Gasteiger partial charge in [-0.2, -0.15) is 0 Å². The normalized spacial score (nSPS) is 19.4. The zero-order chi connectivity index (χ0) is 33.7. The smallest absolute Gasteiger partial charge is 0.352 e. The van der Waals surface area contributed by atoms with Crippen molar-refractivity contribution in [3.05, 3.63) is 81.3 Å². The SMILES string of the molecule is CO/N=C(\C(=O)C[C@@H]1C(=O)N2C(C(=O)O)=C(Cn3ccc4n3cc[n+]4Cc3ccc(C(=N)CC4CC4)cc3)CS[C@H]12)c1nc(N)sc1Cl. The molecular weight excluding hydrogens is 676 g/mol. The van der Waals surface area contributed by atoms with E-state index >= 15 is 0 Å². The molecule has 4 aromatic rings. The van der Waals surface area contributed by atoms with Crippen LogP contribution >= 0.6 is 34.7 Å². The lowest BCUT2D eigenvalue weighted by Crippen LogP contribution is -2.62. The molecule has 1 aromatic carbocycles. The molecule has 5 heterocycles. The number of β-lactam (4-membered cyclic amide) rings is 1.